The summed E-state index contributed by atoms with van der Waals surface area (Å²) < 4.78 is 0. The van der Waals surface area contributed by atoms with Crippen LogP contribution in [0.3, 0.4) is 0 Å². The van der Waals surface area contributed by atoms with E-state index in [4.69, 9.17) is 5.73 Å². The third-order valence-electron chi connectivity index (χ3n) is 4.04. The molecular formula is C17H19N. The van der Waals surface area contributed by atoms with Gasteiger partial charge in [-0.15, -0.1) is 0 Å². The molecule has 3 rings (SSSR count). The molecule has 0 radical (unpaired) electrons. The molecule has 0 aromatic heterocycles. The second kappa shape index (κ2) is 4.49. The summed E-state index contributed by atoms with van der Waals surface area (Å²) in [6.45, 7) is 2.10. The normalized spacial score (nSPS) is 14.3. The third-order valence-corrected chi connectivity index (χ3v) is 4.04. The molecule has 0 saturated carbocycles. The van der Waals surface area contributed by atoms with E-state index in [0.717, 1.165) is 5.69 Å². The van der Waals surface area contributed by atoms with Crippen LogP contribution in [-0.4, -0.2) is 0 Å². The van der Waals surface area contributed by atoms with Gasteiger partial charge in [-0.25, -0.2) is 0 Å². The van der Waals surface area contributed by atoms with Gasteiger partial charge in [0.05, 0.1) is 0 Å². The largest absolute Gasteiger partial charge is 0.398 e. The van der Waals surface area contributed by atoms with Gasteiger partial charge in [-0.05, 0) is 66.5 Å². The number of fused-ring (bicyclic) bond motifs is 1. The summed E-state index contributed by atoms with van der Waals surface area (Å²) in [6.07, 6.45) is 5.13. The molecule has 0 fully saturated rings. The van der Waals surface area contributed by atoms with Crippen molar-refractivity contribution in [2.24, 2.45) is 0 Å². The lowest BCUT2D eigenvalue weighted by atomic mass is 9.88. The molecule has 1 nitrogen and oxygen atoms in total. The zero-order valence-electron chi connectivity index (χ0n) is 10.9. The predicted molar refractivity (Wildman–Crippen MR) is 77.7 cm³/mol. The maximum atomic E-state index is 6.00. The molecule has 1 aliphatic rings. The van der Waals surface area contributed by atoms with Crippen LogP contribution in [0.25, 0.3) is 11.1 Å². The van der Waals surface area contributed by atoms with Crippen LogP contribution >= 0.6 is 0 Å². The monoisotopic (exact) mass is 237 g/mol. The fourth-order valence-electron chi connectivity index (χ4n) is 2.87. The van der Waals surface area contributed by atoms with Crippen LogP contribution in [0.1, 0.15) is 29.5 Å². The van der Waals surface area contributed by atoms with E-state index in [9.17, 15) is 0 Å². The first-order valence-corrected chi connectivity index (χ1v) is 6.73. The van der Waals surface area contributed by atoms with Gasteiger partial charge in [0.1, 0.15) is 0 Å². The van der Waals surface area contributed by atoms with E-state index in [0.29, 0.717) is 0 Å². The lowest BCUT2D eigenvalue weighted by molar-refractivity contribution is 0.686. The van der Waals surface area contributed by atoms with E-state index < -0.39 is 0 Å². The Hall–Kier alpha value is -1.76. The van der Waals surface area contributed by atoms with Crippen LogP contribution in [0, 0.1) is 6.92 Å². The van der Waals surface area contributed by atoms with Crippen LogP contribution in [0.15, 0.2) is 36.4 Å². The molecule has 0 aliphatic heterocycles. The van der Waals surface area contributed by atoms with Gasteiger partial charge in [0.2, 0.25) is 0 Å². The van der Waals surface area contributed by atoms with E-state index in [1.165, 1.54) is 53.5 Å². The Bertz CT molecular complexity index is 584. The minimum Gasteiger partial charge on any atom is -0.398 e. The molecule has 92 valence electrons. The smallest absolute Gasteiger partial charge is 0.0349 e. The molecule has 18 heavy (non-hydrogen) atoms. The zero-order chi connectivity index (χ0) is 12.5. The molecule has 2 aromatic rings. The van der Waals surface area contributed by atoms with E-state index >= 15 is 0 Å². The first kappa shape index (κ1) is 11.3. The summed E-state index contributed by atoms with van der Waals surface area (Å²) in [6, 6.07) is 13.1. The molecule has 0 spiro atoms. The van der Waals surface area contributed by atoms with Gasteiger partial charge < -0.3 is 5.73 Å². The van der Waals surface area contributed by atoms with Crippen molar-refractivity contribution >= 4 is 5.69 Å². The first-order valence-electron chi connectivity index (χ1n) is 6.73. The Morgan fingerprint density at radius 2 is 1.72 bits per heavy atom. The molecule has 0 unspecified atom stereocenters. The number of hydrogen-bond acceptors (Lipinski definition) is 1. The van der Waals surface area contributed by atoms with Crippen molar-refractivity contribution in [2.45, 2.75) is 32.6 Å². The van der Waals surface area contributed by atoms with Gasteiger partial charge in [-0.3, -0.25) is 0 Å². The third kappa shape index (κ3) is 1.90. The fraction of sp³-hybridized carbons (Fsp3) is 0.294. The molecule has 0 bridgehead atoms. The molecule has 0 atom stereocenters. The van der Waals surface area contributed by atoms with Crippen molar-refractivity contribution in [3.8, 4) is 11.1 Å². The van der Waals surface area contributed by atoms with Gasteiger partial charge in [-0.2, -0.15) is 0 Å². The number of nitrogen functional groups attached to an aromatic ring is 1. The molecule has 2 N–H and O–H groups in total. The summed E-state index contributed by atoms with van der Waals surface area (Å²) in [5, 5.41) is 0. The van der Waals surface area contributed by atoms with Crippen molar-refractivity contribution in [3.63, 3.8) is 0 Å². The van der Waals surface area contributed by atoms with Crippen molar-refractivity contribution in [1.82, 2.24) is 0 Å². The van der Waals surface area contributed by atoms with Gasteiger partial charge in [0.15, 0.2) is 0 Å². The van der Waals surface area contributed by atoms with Gasteiger partial charge in [-0.1, -0.05) is 30.3 Å². The average Bonchev–Trinajstić information content (AvgIpc) is 2.41. The standard InChI is InChI=1S/C17H19N/c1-12-16(7-4-8-17(12)18)15-10-9-13-5-2-3-6-14(13)11-15/h4,7-11H,2-3,5-6,18H2,1H3. The van der Waals surface area contributed by atoms with Gasteiger partial charge >= 0.3 is 0 Å². The summed E-state index contributed by atoms with van der Waals surface area (Å²) in [4.78, 5) is 0. The fourth-order valence-corrected chi connectivity index (χ4v) is 2.87. The minimum atomic E-state index is 0.880. The maximum Gasteiger partial charge on any atom is 0.0349 e. The van der Waals surface area contributed by atoms with E-state index in [2.05, 4.69) is 31.2 Å². The average molecular weight is 237 g/mol. The van der Waals surface area contributed by atoms with Crippen LogP contribution in [-0.2, 0) is 12.8 Å². The maximum absolute atomic E-state index is 6.00. The van der Waals surface area contributed by atoms with Gasteiger partial charge in [0.25, 0.3) is 0 Å². The highest BCUT2D eigenvalue weighted by molar-refractivity contribution is 5.73. The summed E-state index contributed by atoms with van der Waals surface area (Å²) >= 11 is 0. The highest BCUT2D eigenvalue weighted by Gasteiger charge is 2.11. The zero-order valence-corrected chi connectivity index (χ0v) is 10.9. The molecular weight excluding hydrogens is 218 g/mol. The SMILES string of the molecule is Cc1c(N)cccc1-c1ccc2c(c1)CCCC2. The van der Waals surface area contributed by atoms with Crippen molar-refractivity contribution < 1.29 is 0 Å². The number of anilines is 1. The quantitative estimate of drug-likeness (QED) is 0.742. The Morgan fingerprint density at radius 1 is 0.944 bits per heavy atom. The lowest BCUT2D eigenvalue weighted by Gasteiger charge is -2.17. The topological polar surface area (TPSA) is 26.0 Å². The van der Waals surface area contributed by atoms with Gasteiger partial charge in [0, 0.05) is 5.69 Å². The van der Waals surface area contributed by atoms with Crippen LogP contribution in [0.4, 0.5) is 5.69 Å². The summed E-state index contributed by atoms with van der Waals surface area (Å²) in [5.41, 5.74) is 13.7. The Kier molecular flexibility index (Phi) is 2.83. The number of hydrogen-bond donors (Lipinski definition) is 1. The number of nitrogens with two attached hydrogens (primary N) is 1. The number of benzene rings is 2. The van der Waals surface area contributed by atoms with Crippen molar-refractivity contribution in [2.75, 3.05) is 5.73 Å². The number of rotatable bonds is 1. The highest BCUT2D eigenvalue weighted by atomic mass is 14.6. The van der Waals surface area contributed by atoms with Crippen LogP contribution < -0.4 is 5.73 Å². The van der Waals surface area contributed by atoms with Crippen molar-refractivity contribution in [3.05, 3.63) is 53.1 Å². The van der Waals surface area contributed by atoms with E-state index in [-0.39, 0.29) is 0 Å². The molecule has 0 heterocycles. The van der Waals surface area contributed by atoms with E-state index in [1.54, 1.807) is 0 Å². The van der Waals surface area contributed by atoms with E-state index in [1.807, 2.05) is 12.1 Å². The molecule has 0 saturated heterocycles. The molecule has 1 aliphatic carbocycles. The second-order valence-electron chi connectivity index (χ2n) is 5.21. The van der Waals surface area contributed by atoms with Crippen molar-refractivity contribution in [1.29, 1.82) is 0 Å². The molecule has 2 aromatic carbocycles. The Labute approximate surface area is 109 Å². The van der Waals surface area contributed by atoms with Crippen LogP contribution in [0.2, 0.25) is 0 Å². The summed E-state index contributed by atoms with van der Waals surface area (Å²) in [5.74, 6) is 0. The second-order valence-corrected chi connectivity index (χ2v) is 5.21. The minimum absolute atomic E-state index is 0.880. The Balaban J connectivity index is 2.09. The Morgan fingerprint density at radius 3 is 2.56 bits per heavy atom. The highest BCUT2D eigenvalue weighted by Crippen LogP contribution is 2.30. The first-order chi connectivity index (χ1) is 8.75. The number of aryl methyl sites for hydroxylation is 2. The molecule has 1 heteroatoms. The van der Waals surface area contributed by atoms with Crippen LogP contribution in [0.5, 0.6) is 0 Å². The predicted octanol–water partition coefficient (Wildman–Crippen LogP) is 4.12. The summed E-state index contributed by atoms with van der Waals surface area (Å²) in [7, 11) is 0. The molecule has 0 amide bonds. The lowest BCUT2D eigenvalue weighted by Crippen LogP contribution is -2.02.